The number of thiocarbonyl (C=S) groups is 1. The van der Waals surface area contributed by atoms with E-state index < -0.39 is 0 Å². The first-order valence-electron chi connectivity index (χ1n) is 8.97. The molecule has 0 spiro atoms. The van der Waals surface area contributed by atoms with Crippen LogP contribution in [0.15, 0.2) is 28.0 Å². The summed E-state index contributed by atoms with van der Waals surface area (Å²) in [6, 6.07) is 3.68. The summed E-state index contributed by atoms with van der Waals surface area (Å²) < 4.78 is 12.0. The number of hydrogen-bond acceptors (Lipinski definition) is 8. The van der Waals surface area contributed by atoms with Crippen molar-refractivity contribution in [2.24, 2.45) is 0 Å². The topological polar surface area (TPSA) is 85.2 Å². The maximum atomic E-state index is 13.2. The molecule has 0 aromatic carbocycles. The molecule has 29 heavy (non-hydrogen) atoms. The van der Waals surface area contributed by atoms with Gasteiger partial charge < -0.3 is 14.8 Å². The van der Waals surface area contributed by atoms with Crippen LogP contribution in [0.4, 0.5) is 5.82 Å². The zero-order chi connectivity index (χ0) is 21.0. The number of anilines is 1. The number of aromatic nitrogens is 2. The summed E-state index contributed by atoms with van der Waals surface area (Å²) in [5, 5.41) is 3.14. The molecule has 2 aromatic heterocycles. The third kappa shape index (κ3) is 4.50. The van der Waals surface area contributed by atoms with Crippen molar-refractivity contribution in [3.05, 3.63) is 44.7 Å². The molecule has 0 atom stereocenters. The van der Waals surface area contributed by atoms with E-state index in [0.717, 1.165) is 5.56 Å². The maximum absolute atomic E-state index is 13.2. The summed E-state index contributed by atoms with van der Waals surface area (Å²) in [5.41, 5.74) is 1.47. The Morgan fingerprint density at radius 1 is 1.28 bits per heavy atom. The summed E-state index contributed by atoms with van der Waals surface area (Å²) >= 11 is 6.48. The highest BCUT2D eigenvalue weighted by molar-refractivity contribution is 8.26. The zero-order valence-electron chi connectivity index (χ0n) is 16.4. The van der Waals surface area contributed by atoms with Crippen LogP contribution >= 0.6 is 24.0 Å². The molecule has 0 unspecified atom stereocenters. The Morgan fingerprint density at radius 3 is 2.76 bits per heavy atom. The number of carbonyl (C=O) groups is 1. The summed E-state index contributed by atoms with van der Waals surface area (Å²) in [4.78, 5) is 32.4. The minimum absolute atomic E-state index is 0.242. The number of thioether (sulfide) groups is 1. The van der Waals surface area contributed by atoms with Crippen molar-refractivity contribution in [3.63, 3.8) is 0 Å². The Kier molecular flexibility index (Phi) is 7.01. The van der Waals surface area contributed by atoms with E-state index in [0.29, 0.717) is 52.6 Å². The largest absolute Gasteiger partial charge is 0.383 e. The second-order valence-corrected chi connectivity index (χ2v) is 7.99. The number of ether oxygens (including phenoxy) is 2. The number of rotatable bonds is 8. The molecule has 0 aliphatic carbocycles. The minimum atomic E-state index is -0.263. The molecule has 10 heteroatoms. The van der Waals surface area contributed by atoms with Gasteiger partial charge in [0.25, 0.3) is 11.5 Å². The molecule has 8 nitrogen and oxygen atoms in total. The lowest BCUT2D eigenvalue weighted by Crippen LogP contribution is -2.31. The van der Waals surface area contributed by atoms with E-state index >= 15 is 0 Å². The molecule has 0 bridgehead atoms. The van der Waals surface area contributed by atoms with Crippen LogP contribution in [0.1, 0.15) is 11.1 Å². The lowest BCUT2D eigenvalue weighted by atomic mass is 10.2. The molecule has 1 aliphatic heterocycles. The molecule has 0 saturated carbocycles. The predicted octanol–water partition coefficient (Wildman–Crippen LogP) is 1.91. The van der Waals surface area contributed by atoms with Crippen LogP contribution in [0, 0.1) is 6.92 Å². The molecule has 1 amide bonds. The number of methoxy groups -OCH3 is 2. The fourth-order valence-electron chi connectivity index (χ4n) is 2.85. The summed E-state index contributed by atoms with van der Waals surface area (Å²) in [6.07, 6.45) is 3.23. The molecule has 1 fully saturated rings. The number of fused-ring (bicyclic) bond motifs is 1. The van der Waals surface area contributed by atoms with Crippen molar-refractivity contribution in [3.8, 4) is 0 Å². The summed E-state index contributed by atoms with van der Waals surface area (Å²) in [7, 11) is 3.16. The fourth-order valence-corrected chi connectivity index (χ4v) is 4.14. The summed E-state index contributed by atoms with van der Waals surface area (Å²) in [5.74, 6) is 0.164. The van der Waals surface area contributed by atoms with Crippen LogP contribution in [0.25, 0.3) is 11.7 Å². The first-order valence-corrected chi connectivity index (χ1v) is 10.2. The maximum Gasteiger partial charge on any atom is 0.267 e. The quantitative estimate of drug-likeness (QED) is 0.383. The fraction of sp³-hybridized carbons (Fsp3) is 0.368. The smallest absolute Gasteiger partial charge is 0.267 e. The van der Waals surface area contributed by atoms with Crippen molar-refractivity contribution in [1.29, 1.82) is 0 Å². The number of aryl methyl sites for hydroxylation is 1. The predicted molar refractivity (Wildman–Crippen MR) is 118 cm³/mol. The van der Waals surface area contributed by atoms with Gasteiger partial charge >= 0.3 is 0 Å². The van der Waals surface area contributed by atoms with Crippen LogP contribution in [-0.2, 0) is 14.3 Å². The molecule has 1 N–H and O–H groups in total. The van der Waals surface area contributed by atoms with E-state index in [1.54, 1.807) is 32.6 Å². The minimum Gasteiger partial charge on any atom is -0.383 e. The van der Waals surface area contributed by atoms with Gasteiger partial charge in [0, 0.05) is 27.0 Å². The van der Waals surface area contributed by atoms with Gasteiger partial charge in [0.15, 0.2) is 0 Å². The van der Waals surface area contributed by atoms with E-state index in [2.05, 4.69) is 10.3 Å². The van der Waals surface area contributed by atoms with Gasteiger partial charge in [-0.2, -0.15) is 0 Å². The molecular formula is C19H22N4O4S2. The second-order valence-electron chi connectivity index (χ2n) is 6.31. The van der Waals surface area contributed by atoms with E-state index in [1.165, 1.54) is 21.1 Å². The van der Waals surface area contributed by atoms with Gasteiger partial charge in [0.2, 0.25) is 0 Å². The van der Waals surface area contributed by atoms with Gasteiger partial charge in [-0.05, 0) is 24.6 Å². The molecular weight excluding hydrogens is 412 g/mol. The van der Waals surface area contributed by atoms with Crippen LogP contribution in [0.2, 0.25) is 0 Å². The third-order valence-electron chi connectivity index (χ3n) is 4.35. The van der Waals surface area contributed by atoms with E-state index in [9.17, 15) is 9.59 Å². The van der Waals surface area contributed by atoms with Crippen LogP contribution in [0.5, 0.6) is 0 Å². The van der Waals surface area contributed by atoms with Crippen LogP contribution in [0.3, 0.4) is 0 Å². The van der Waals surface area contributed by atoms with Crippen LogP contribution in [-0.4, -0.2) is 65.0 Å². The van der Waals surface area contributed by atoms with Crippen molar-refractivity contribution in [2.75, 3.05) is 45.8 Å². The van der Waals surface area contributed by atoms with Crippen molar-refractivity contribution in [2.45, 2.75) is 6.92 Å². The molecule has 1 saturated heterocycles. The lowest BCUT2D eigenvalue weighted by Gasteiger charge is -2.13. The number of pyridine rings is 1. The molecule has 1 aliphatic rings. The monoisotopic (exact) mass is 434 g/mol. The number of hydrogen-bond donors (Lipinski definition) is 1. The van der Waals surface area contributed by atoms with E-state index in [4.69, 9.17) is 21.7 Å². The normalized spacial score (nSPS) is 15.7. The molecule has 2 aromatic rings. The van der Waals surface area contributed by atoms with Gasteiger partial charge in [-0.1, -0.05) is 30.0 Å². The lowest BCUT2D eigenvalue weighted by molar-refractivity contribution is -0.122. The number of carbonyl (C=O) groups excluding carboxylic acids is 1. The first-order chi connectivity index (χ1) is 14.0. The number of amides is 1. The first kappa shape index (κ1) is 21.4. The van der Waals surface area contributed by atoms with Gasteiger partial charge in [-0.3, -0.25) is 18.9 Å². The highest BCUT2D eigenvalue weighted by Gasteiger charge is 2.32. The van der Waals surface area contributed by atoms with E-state index in [-0.39, 0.29) is 11.5 Å². The third-order valence-corrected chi connectivity index (χ3v) is 5.73. The molecule has 154 valence electrons. The summed E-state index contributed by atoms with van der Waals surface area (Å²) in [6.45, 7) is 3.56. The Labute approximate surface area is 177 Å². The van der Waals surface area contributed by atoms with Gasteiger partial charge in [0.1, 0.15) is 15.8 Å². The standard InChI is InChI=1S/C19H22N4O4S2/c1-12-5-4-7-22-16(12)21-15(20-6-9-26-2)13(17(22)24)11-14-18(25)23(8-10-27-3)19(28)29-14/h4-5,7,11,20H,6,8-10H2,1-3H3/b14-11+. The van der Waals surface area contributed by atoms with Gasteiger partial charge in [-0.25, -0.2) is 4.98 Å². The van der Waals surface area contributed by atoms with E-state index in [1.807, 2.05) is 13.0 Å². The Hall–Kier alpha value is -2.27. The SMILES string of the molecule is COCCNc1nc2c(C)cccn2c(=O)c1/C=C1/SC(=S)N(CCOC)C1=O. The Bertz CT molecular complexity index is 1030. The second kappa shape index (κ2) is 9.49. The number of nitrogens with zero attached hydrogens (tertiary/aromatic N) is 3. The average molecular weight is 435 g/mol. The number of nitrogens with one attached hydrogen (secondary N) is 1. The highest BCUT2D eigenvalue weighted by atomic mass is 32.2. The Balaban J connectivity index is 2.07. The van der Waals surface area contributed by atoms with Crippen LogP contribution < -0.4 is 10.9 Å². The van der Waals surface area contributed by atoms with Crippen molar-refractivity contribution in [1.82, 2.24) is 14.3 Å². The average Bonchev–Trinajstić information content (AvgIpc) is 2.97. The highest BCUT2D eigenvalue weighted by Crippen LogP contribution is 2.32. The Morgan fingerprint density at radius 2 is 2.03 bits per heavy atom. The molecule has 0 radical (unpaired) electrons. The molecule has 3 rings (SSSR count). The van der Waals surface area contributed by atoms with Crippen molar-refractivity contribution >= 4 is 51.7 Å². The van der Waals surface area contributed by atoms with Gasteiger partial charge in [-0.15, -0.1) is 0 Å². The van der Waals surface area contributed by atoms with Gasteiger partial charge in [0.05, 0.1) is 30.2 Å². The van der Waals surface area contributed by atoms with Crippen molar-refractivity contribution < 1.29 is 14.3 Å². The molecule has 3 heterocycles. The zero-order valence-corrected chi connectivity index (χ0v) is 18.1.